The third-order valence-electron chi connectivity index (χ3n) is 7.34. The van der Waals surface area contributed by atoms with Gasteiger partial charge in [0.1, 0.15) is 12.4 Å². The van der Waals surface area contributed by atoms with Gasteiger partial charge in [0.2, 0.25) is 5.88 Å². The molecule has 0 amide bonds. The maximum absolute atomic E-state index is 14.6. The van der Waals surface area contributed by atoms with E-state index in [2.05, 4.69) is 9.98 Å². The number of hydrogen-bond acceptors (Lipinski definition) is 7. The average molecular weight is 525 g/mol. The number of nitrogens with zero attached hydrogens (tertiary/aromatic N) is 2. The highest BCUT2D eigenvalue weighted by Crippen LogP contribution is 2.62. The number of hydrogen-bond donors (Lipinski definition) is 2. The van der Waals surface area contributed by atoms with Crippen molar-refractivity contribution in [1.29, 1.82) is 0 Å². The molecule has 9 heteroatoms. The molecular formula is C29H33FN2O6. The number of aryl methyl sites for hydroxylation is 1. The normalized spacial score (nSPS) is 25.5. The summed E-state index contributed by atoms with van der Waals surface area (Å²) in [6.45, 7) is 6.14. The smallest absolute Gasteiger partial charge is 0.307 e. The fourth-order valence-corrected chi connectivity index (χ4v) is 5.50. The molecule has 1 aromatic carbocycles. The summed E-state index contributed by atoms with van der Waals surface area (Å²) < 4.78 is 31.6. The second-order valence-corrected chi connectivity index (χ2v) is 10.9. The molecule has 2 aliphatic carbocycles. The van der Waals surface area contributed by atoms with Crippen molar-refractivity contribution in [1.82, 2.24) is 4.98 Å². The van der Waals surface area contributed by atoms with E-state index in [1.165, 1.54) is 11.6 Å². The lowest BCUT2D eigenvalue weighted by Crippen LogP contribution is -2.27. The molecule has 0 saturated heterocycles. The Labute approximate surface area is 221 Å². The molecule has 5 rings (SSSR count). The van der Waals surface area contributed by atoms with Gasteiger partial charge >= 0.3 is 5.97 Å². The molecule has 2 N–H and O–H groups in total. The van der Waals surface area contributed by atoms with Crippen LogP contribution >= 0.6 is 0 Å². The standard InChI is InChI=1S/C29H33FN2O6/c1-16-20(5-7-24(32-16)37-9-8-36-15-29(2,3)35)17-4-6-23(30)19(10-17)14-38-25-12-18-11-21-26(22(18)13-31-25)27(21)28(33)34/h4-7,10,12-13,21-22,25-27,35H,8-9,11,14-15H2,1-3H3,(H,33,34). The zero-order valence-electron chi connectivity index (χ0n) is 21.8. The predicted octanol–water partition coefficient (Wildman–Crippen LogP) is 4.18. The van der Waals surface area contributed by atoms with Crippen molar-refractivity contribution in [2.45, 2.75) is 45.6 Å². The first kappa shape index (κ1) is 26.5. The van der Waals surface area contributed by atoms with Crippen molar-refractivity contribution in [2.24, 2.45) is 28.7 Å². The number of dihydropyridines is 1. The SMILES string of the molecule is Cc1nc(OCCOCC(C)(C)O)ccc1-c1ccc(F)c(COC2C=C3CC4C(C(=O)O)C4C3C=N2)c1. The predicted molar refractivity (Wildman–Crippen MR) is 138 cm³/mol. The second-order valence-electron chi connectivity index (χ2n) is 10.9. The molecule has 1 aliphatic heterocycles. The van der Waals surface area contributed by atoms with Crippen LogP contribution in [-0.4, -0.2) is 59.0 Å². The van der Waals surface area contributed by atoms with Gasteiger partial charge in [-0.3, -0.25) is 9.79 Å². The highest BCUT2D eigenvalue weighted by molar-refractivity contribution is 5.80. The fourth-order valence-electron chi connectivity index (χ4n) is 5.50. The van der Waals surface area contributed by atoms with Crippen molar-refractivity contribution >= 4 is 12.2 Å². The number of carboxylic acids is 1. The van der Waals surface area contributed by atoms with Gasteiger partial charge in [0.15, 0.2) is 6.23 Å². The third kappa shape index (κ3) is 5.80. The minimum Gasteiger partial charge on any atom is -0.481 e. The number of halogens is 1. The van der Waals surface area contributed by atoms with E-state index in [0.717, 1.165) is 23.2 Å². The molecule has 1 aromatic heterocycles. The van der Waals surface area contributed by atoms with Crippen LogP contribution in [0.1, 0.15) is 31.5 Å². The molecule has 8 nitrogen and oxygen atoms in total. The number of carboxylic acid groups (broad SMARTS) is 1. The summed E-state index contributed by atoms with van der Waals surface area (Å²) in [6, 6.07) is 8.54. The Morgan fingerprint density at radius 3 is 2.76 bits per heavy atom. The van der Waals surface area contributed by atoms with Gasteiger partial charge < -0.3 is 24.4 Å². The van der Waals surface area contributed by atoms with Crippen molar-refractivity contribution in [3.05, 3.63) is 59.1 Å². The summed E-state index contributed by atoms with van der Waals surface area (Å²) in [5.41, 5.74) is 3.13. The molecule has 202 valence electrons. The zero-order valence-corrected chi connectivity index (χ0v) is 21.8. The summed E-state index contributed by atoms with van der Waals surface area (Å²) in [5, 5.41) is 19.0. The van der Waals surface area contributed by atoms with Crippen LogP contribution in [0.2, 0.25) is 0 Å². The summed E-state index contributed by atoms with van der Waals surface area (Å²) in [4.78, 5) is 20.3. The third-order valence-corrected chi connectivity index (χ3v) is 7.34. The van der Waals surface area contributed by atoms with Gasteiger partial charge in [-0.2, -0.15) is 0 Å². The first-order valence-corrected chi connectivity index (χ1v) is 12.9. The van der Waals surface area contributed by atoms with Crippen LogP contribution in [0, 0.1) is 36.4 Å². The van der Waals surface area contributed by atoms with E-state index >= 15 is 0 Å². The van der Waals surface area contributed by atoms with Gasteiger partial charge in [-0.05, 0) is 68.9 Å². The number of aliphatic carboxylic acids is 1. The quantitative estimate of drug-likeness (QED) is 0.335. The first-order valence-electron chi connectivity index (χ1n) is 12.9. The molecule has 2 aromatic rings. The minimum absolute atomic E-state index is 0.0546. The Hall–Kier alpha value is -3.14. The number of fused-ring (bicyclic) bond motifs is 3. The molecule has 5 unspecified atom stereocenters. The monoisotopic (exact) mass is 524 g/mol. The number of benzene rings is 1. The largest absolute Gasteiger partial charge is 0.481 e. The van der Waals surface area contributed by atoms with Crippen molar-refractivity contribution < 1.29 is 33.6 Å². The summed E-state index contributed by atoms with van der Waals surface area (Å²) in [6.07, 6.45) is 4.04. The van der Waals surface area contributed by atoms with Crippen LogP contribution in [0.4, 0.5) is 4.39 Å². The Balaban J connectivity index is 1.17. The van der Waals surface area contributed by atoms with Crippen molar-refractivity contribution in [3.8, 4) is 17.0 Å². The van der Waals surface area contributed by atoms with E-state index in [-0.39, 0.29) is 42.7 Å². The minimum atomic E-state index is -0.886. The van der Waals surface area contributed by atoms with E-state index in [0.29, 0.717) is 24.7 Å². The molecular weight excluding hydrogens is 491 g/mol. The molecule has 0 bridgehead atoms. The lowest BCUT2D eigenvalue weighted by molar-refractivity contribution is -0.139. The number of ether oxygens (including phenoxy) is 3. The lowest BCUT2D eigenvalue weighted by atomic mass is 9.93. The van der Waals surface area contributed by atoms with Crippen LogP contribution in [0.15, 0.2) is 47.0 Å². The fraction of sp³-hybridized carbons (Fsp3) is 0.483. The molecule has 2 fully saturated rings. The molecule has 2 saturated carbocycles. The van der Waals surface area contributed by atoms with Crippen LogP contribution < -0.4 is 4.74 Å². The summed E-state index contributed by atoms with van der Waals surface area (Å²) in [7, 11) is 0. The molecule has 5 atom stereocenters. The van der Waals surface area contributed by atoms with Gasteiger partial charge in [0.05, 0.1) is 31.3 Å². The summed E-state index contributed by atoms with van der Waals surface area (Å²) >= 11 is 0. The lowest BCUT2D eigenvalue weighted by Gasteiger charge is -2.21. The van der Waals surface area contributed by atoms with E-state index < -0.39 is 17.8 Å². The first-order chi connectivity index (χ1) is 18.1. The van der Waals surface area contributed by atoms with Crippen molar-refractivity contribution in [3.63, 3.8) is 0 Å². The maximum atomic E-state index is 14.6. The second kappa shape index (κ2) is 10.6. The highest BCUT2D eigenvalue weighted by atomic mass is 19.1. The van der Waals surface area contributed by atoms with Crippen molar-refractivity contribution in [2.75, 3.05) is 19.8 Å². The van der Waals surface area contributed by atoms with Gasteiger partial charge in [-0.1, -0.05) is 11.6 Å². The average Bonchev–Trinajstić information content (AvgIpc) is 3.45. The maximum Gasteiger partial charge on any atom is 0.307 e. The molecule has 2 heterocycles. The van der Waals surface area contributed by atoms with Crippen LogP contribution in [0.3, 0.4) is 0 Å². The summed E-state index contributed by atoms with van der Waals surface area (Å²) in [5.74, 6) is -0.436. The van der Waals surface area contributed by atoms with Gasteiger partial charge in [-0.25, -0.2) is 9.37 Å². The Morgan fingerprint density at radius 2 is 2.03 bits per heavy atom. The van der Waals surface area contributed by atoms with E-state index in [1.54, 1.807) is 32.0 Å². The Morgan fingerprint density at radius 1 is 1.21 bits per heavy atom. The van der Waals surface area contributed by atoms with Crippen LogP contribution in [-0.2, 0) is 20.9 Å². The van der Waals surface area contributed by atoms with Crippen LogP contribution in [0.25, 0.3) is 11.1 Å². The number of aliphatic hydroxyl groups is 1. The van der Waals surface area contributed by atoms with Gasteiger partial charge in [0.25, 0.3) is 0 Å². The van der Waals surface area contributed by atoms with E-state index in [1.807, 2.05) is 25.3 Å². The number of aliphatic imine (C=N–C) groups is 1. The molecule has 3 aliphatic rings. The number of allylic oxidation sites excluding steroid dienone is 1. The molecule has 0 radical (unpaired) electrons. The van der Waals surface area contributed by atoms with E-state index in [4.69, 9.17) is 14.2 Å². The molecule has 38 heavy (non-hydrogen) atoms. The Kier molecular flexibility index (Phi) is 7.35. The highest BCUT2D eigenvalue weighted by Gasteiger charge is 2.63. The number of pyridine rings is 1. The number of aromatic nitrogens is 1. The zero-order chi connectivity index (χ0) is 27.0. The van der Waals surface area contributed by atoms with Gasteiger partial charge in [0, 0.05) is 35.0 Å². The molecule has 0 spiro atoms. The van der Waals surface area contributed by atoms with Crippen LogP contribution in [0.5, 0.6) is 5.88 Å². The Bertz CT molecular complexity index is 1270. The number of carbonyl (C=O) groups is 1. The number of rotatable bonds is 11. The van der Waals surface area contributed by atoms with Gasteiger partial charge in [-0.15, -0.1) is 0 Å². The van der Waals surface area contributed by atoms with E-state index in [9.17, 15) is 19.4 Å². The topological polar surface area (TPSA) is 110 Å².